The van der Waals surface area contributed by atoms with Gasteiger partial charge in [-0.05, 0) is 62.8 Å². The van der Waals surface area contributed by atoms with Crippen molar-refractivity contribution in [3.63, 3.8) is 0 Å². The number of alkyl halides is 2. The third-order valence-corrected chi connectivity index (χ3v) is 8.03. The van der Waals surface area contributed by atoms with E-state index in [1.165, 1.54) is 12.1 Å². The van der Waals surface area contributed by atoms with Crippen molar-refractivity contribution in [3.8, 4) is 0 Å². The first kappa shape index (κ1) is 13.9. The normalized spacial score (nSPS) is 15.4. The van der Waals surface area contributed by atoms with Gasteiger partial charge in [0, 0.05) is 17.5 Å². The number of carbonyl (C=O) groups excluding carboxylic acids is 1. The number of nitrogen functional groups attached to an aromatic ring is 1. The molecule has 0 heterocycles. The van der Waals surface area contributed by atoms with E-state index in [1.807, 2.05) is 0 Å². The van der Waals surface area contributed by atoms with Gasteiger partial charge >= 0.3 is 0 Å². The highest BCUT2D eigenvalue weighted by Gasteiger charge is 2.43. The second-order valence-electron chi connectivity index (χ2n) is 3.24. The number of anilines is 1. The van der Waals surface area contributed by atoms with Crippen molar-refractivity contribution < 1.29 is 13.2 Å². The standard InChI is InChI=1S/C9H9BrINO3S/c1-16(14,15)9(10,11)8(13)6-2-4-7(12)5-3-6/h2-5H,12H2,1H3/t9-/m1/s1. The molecule has 0 spiro atoms. The van der Waals surface area contributed by atoms with Gasteiger partial charge in [0.05, 0.1) is 0 Å². The Kier molecular flexibility index (Phi) is 4.01. The number of rotatable bonds is 3. The van der Waals surface area contributed by atoms with Gasteiger partial charge in [-0.2, -0.15) is 0 Å². The lowest BCUT2D eigenvalue weighted by molar-refractivity contribution is 0.101. The fourth-order valence-electron chi connectivity index (χ4n) is 0.971. The summed E-state index contributed by atoms with van der Waals surface area (Å²) in [5.74, 6) is -0.518. The first-order valence-electron chi connectivity index (χ1n) is 4.14. The zero-order chi connectivity index (χ0) is 12.6. The van der Waals surface area contributed by atoms with Crippen LogP contribution in [-0.4, -0.2) is 22.1 Å². The number of halogens is 2. The lowest BCUT2D eigenvalue weighted by atomic mass is 10.1. The predicted molar refractivity (Wildman–Crippen MR) is 75.7 cm³/mol. The fourth-order valence-corrected chi connectivity index (χ4v) is 1.97. The van der Waals surface area contributed by atoms with E-state index in [1.54, 1.807) is 34.7 Å². The number of hydrogen-bond donors (Lipinski definition) is 1. The van der Waals surface area contributed by atoms with E-state index < -0.39 is 17.3 Å². The first-order valence-corrected chi connectivity index (χ1v) is 7.90. The summed E-state index contributed by atoms with van der Waals surface area (Å²) in [4.78, 5) is 12.0. The molecule has 1 aromatic carbocycles. The lowest BCUT2D eigenvalue weighted by Gasteiger charge is -2.16. The molecule has 0 aliphatic carbocycles. The molecule has 0 bridgehead atoms. The summed E-state index contributed by atoms with van der Waals surface area (Å²) in [7, 11) is -3.54. The molecule has 0 radical (unpaired) electrons. The van der Waals surface area contributed by atoms with Crippen LogP contribution in [0.2, 0.25) is 0 Å². The van der Waals surface area contributed by atoms with Gasteiger partial charge < -0.3 is 5.73 Å². The second-order valence-corrected chi connectivity index (χ2v) is 10.9. The molecule has 4 nitrogen and oxygen atoms in total. The molecule has 1 aromatic rings. The SMILES string of the molecule is CS(=O)(=O)[C@](Br)(I)C(=O)c1ccc(N)cc1. The maximum Gasteiger partial charge on any atom is 0.238 e. The van der Waals surface area contributed by atoms with Crippen molar-refractivity contribution in [2.24, 2.45) is 0 Å². The summed E-state index contributed by atoms with van der Waals surface area (Å²) in [6.45, 7) is 0. The lowest BCUT2D eigenvalue weighted by Crippen LogP contribution is -2.33. The molecule has 1 atom stereocenters. The molecule has 88 valence electrons. The topological polar surface area (TPSA) is 77.2 Å². The minimum Gasteiger partial charge on any atom is -0.399 e. The minimum atomic E-state index is -3.54. The molecular weight excluding hydrogens is 409 g/mol. The van der Waals surface area contributed by atoms with Crippen LogP contribution in [0.3, 0.4) is 0 Å². The second kappa shape index (κ2) is 4.61. The van der Waals surface area contributed by atoms with Gasteiger partial charge in [0.25, 0.3) is 0 Å². The van der Waals surface area contributed by atoms with E-state index >= 15 is 0 Å². The smallest absolute Gasteiger partial charge is 0.238 e. The van der Waals surface area contributed by atoms with E-state index in [0.29, 0.717) is 11.3 Å². The van der Waals surface area contributed by atoms with E-state index in [9.17, 15) is 13.2 Å². The fraction of sp³-hybridized carbons (Fsp3) is 0.222. The Morgan fingerprint density at radius 1 is 1.38 bits per heavy atom. The zero-order valence-corrected chi connectivity index (χ0v) is 12.8. The quantitative estimate of drug-likeness (QED) is 0.353. The van der Waals surface area contributed by atoms with Crippen molar-refractivity contribution in [1.29, 1.82) is 0 Å². The van der Waals surface area contributed by atoms with Gasteiger partial charge in [0.1, 0.15) is 0 Å². The van der Waals surface area contributed by atoms with Gasteiger partial charge in [0.15, 0.2) is 9.84 Å². The molecule has 0 aromatic heterocycles. The monoisotopic (exact) mass is 417 g/mol. The van der Waals surface area contributed by atoms with Crippen LogP contribution in [0.15, 0.2) is 24.3 Å². The Bertz CT molecular complexity index is 510. The van der Waals surface area contributed by atoms with Crippen LogP contribution in [0.4, 0.5) is 5.69 Å². The van der Waals surface area contributed by atoms with Gasteiger partial charge in [-0.3, -0.25) is 4.79 Å². The number of benzene rings is 1. The summed E-state index contributed by atoms with van der Waals surface area (Å²) in [5.41, 5.74) is 6.29. The summed E-state index contributed by atoms with van der Waals surface area (Å²) in [5, 5.41) is 0. The number of Topliss-reactive ketones (excluding diaryl/α,β-unsaturated/α-hetero) is 1. The van der Waals surface area contributed by atoms with E-state index in [4.69, 9.17) is 5.73 Å². The highest BCUT2D eigenvalue weighted by atomic mass is 127. The van der Waals surface area contributed by atoms with Crippen molar-refractivity contribution in [2.75, 3.05) is 12.0 Å². The maximum absolute atomic E-state index is 12.0. The Labute approximate surface area is 116 Å². The Morgan fingerprint density at radius 2 is 1.81 bits per heavy atom. The van der Waals surface area contributed by atoms with Crippen LogP contribution in [0.5, 0.6) is 0 Å². The van der Waals surface area contributed by atoms with Crippen LogP contribution in [0, 0.1) is 0 Å². The van der Waals surface area contributed by atoms with E-state index in [2.05, 4.69) is 15.9 Å². The zero-order valence-electron chi connectivity index (χ0n) is 8.28. The van der Waals surface area contributed by atoms with E-state index in [0.717, 1.165) is 6.26 Å². The van der Waals surface area contributed by atoms with Gasteiger partial charge in [-0.1, -0.05) is 0 Å². The van der Waals surface area contributed by atoms with Crippen molar-refractivity contribution in [2.45, 2.75) is 1.66 Å². The number of ketones is 1. The summed E-state index contributed by atoms with van der Waals surface area (Å²) < 4.78 is 21.2. The summed E-state index contributed by atoms with van der Waals surface area (Å²) >= 11 is 4.51. The molecule has 7 heteroatoms. The van der Waals surface area contributed by atoms with Crippen molar-refractivity contribution >= 4 is 59.8 Å². The van der Waals surface area contributed by atoms with Gasteiger partial charge in [-0.15, -0.1) is 0 Å². The van der Waals surface area contributed by atoms with Gasteiger partial charge in [0.2, 0.25) is 7.45 Å². The maximum atomic E-state index is 12.0. The first-order chi connectivity index (χ1) is 7.16. The number of carbonyl (C=O) groups is 1. The summed E-state index contributed by atoms with van der Waals surface area (Å²) in [6.07, 6.45) is 1.00. The average molecular weight is 418 g/mol. The van der Waals surface area contributed by atoms with Crippen molar-refractivity contribution in [3.05, 3.63) is 29.8 Å². The Hall–Kier alpha value is -0.150. The summed E-state index contributed by atoms with van der Waals surface area (Å²) in [6, 6.07) is 6.10. The molecule has 2 N–H and O–H groups in total. The highest BCUT2D eigenvalue weighted by Crippen LogP contribution is 2.36. The molecule has 0 fully saturated rings. The molecule has 0 saturated carbocycles. The minimum absolute atomic E-state index is 0.297. The third kappa shape index (κ3) is 2.75. The van der Waals surface area contributed by atoms with Crippen LogP contribution < -0.4 is 5.73 Å². The Balaban J connectivity index is 3.18. The predicted octanol–water partition coefficient (Wildman–Crippen LogP) is 1.98. The third-order valence-electron chi connectivity index (χ3n) is 1.90. The Morgan fingerprint density at radius 3 is 2.19 bits per heavy atom. The number of hydrogen-bond acceptors (Lipinski definition) is 4. The highest BCUT2D eigenvalue weighted by molar-refractivity contribution is 14.1. The van der Waals surface area contributed by atoms with Crippen LogP contribution >= 0.6 is 38.5 Å². The molecule has 0 amide bonds. The molecule has 16 heavy (non-hydrogen) atoms. The van der Waals surface area contributed by atoms with E-state index in [-0.39, 0.29) is 0 Å². The molecular formula is C9H9BrINO3S. The largest absolute Gasteiger partial charge is 0.399 e. The average Bonchev–Trinajstić information content (AvgIpc) is 2.16. The van der Waals surface area contributed by atoms with Crippen LogP contribution in [0.1, 0.15) is 10.4 Å². The molecule has 1 rings (SSSR count). The molecule has 0 saturated heterocycles. The molecule has 0 aliphatic rings. The van der Waals surface area contributed by atoms with Gasteiger partial charge in [-0.25, -0.2) is 8.42 Å². The number of sulfone groups is 1. The number of nitrogens with two attached hydrogens (primary N) is 1. The van der Waals surface area contributed by atoms with Crippen molar-refractivity contribution in [1.82, 2.24) is 0 Å². The van der Waals surface area contributed by atoms with Crippen LogP contribution in [-0.2, 0) is 9.84 Å². The molecule has 0 unspecified atom stereocenters. The van der Waals surface area contributed by atoms with Crippen LogP contribution in [0.25, 0.3) is 0 Å². The molecule has 0 aliphatic heterocycles.